The molecule has 2 heterocycles. The summed E-state index contributed by atoms with van der Waals surface area (Å²) in [6.07, 6.45) is 1.50. The normalized spacial score (nSPS) is 14.9. The van der Waals surface area contributed by atoms with Crippen LogP contribution < -0.4 is 22.7 Å². The van der Waals surface area contributed by atoms with Crippen molar-refractivity contribution in [2.24, 2.45) is 0 Å². The van der Waals surface area contributed by atoms with Crippen LogP contribution in [0.4, 0.5) is 0 Å². The molecule has 4 rings (SSSR count). The van der Waals surface area contributed by atoms with E-state index in [2.05, 4.69) is 0 Å². The molecule has 2 N–H and O–H groups in total. The second-order valence-corrected chi connectivity index (χ2v) is 6.32. The van der Waals surface area contributed by atoms with Gasteiger partial charge in [-0.3, -0.25) is 4.79 Å². The summed E-state index contributed by atoms with van der Waals surface area (Å²) < 4.78 is 11.2. The number of aromatic hydroxyl groups is 1. The lowest BCUT2D eigenvalue weighted by molar-refractivity contribution is -0.921. The first-order chi connectivity index (χ1) is 12.2. The number of hydrogen-bond acceptors (Lipinski definition) is 4. The SMILES string of the molecule is O=c1c(-c2ccccc2)coc2c(C[NH+]3CCOCC3)c(O)ccc12.[Cl-]. The fraction of sp³-hybridized carbons (Fsp3) is 0.250. The number of rotatable bonds is 3. The molecule has 0 bridgehead atoms. The van der Waals surface area contributed by atoms with E-state index in [1.165, 1.54) is 11.2 Å². The molecule has 2 aromatic carbocycles. The highest BCUT2D eigenvalue weighted by molar-refractivity contribution is 5.85. The van der Waals surface area contributed by atoms with Crippen LogP contribution in [0.2, 0.25) is 0 Å². The van der Waals surface area contributed by atoms with Gasteiger partial charge in [0, 0.05) is 0 Å². The smallest absolute Gasteiger partial charge is 0.200 e. The molecule has 26 heavy (non-hydrogen) atoms. The molecule has 1 saturated heterocycles. The largest absolute Gasteiger partial charge is 1.00 e. The topological polar surface area (TPSA) is 64.1 Å². The zero-order valence-corrected chi connectivity index (χ0v) is 15.0. The summed E-state index contributed by atoms with van der Waals surface area (Å²) in [7, 11) is 0. The van der Waals surface area contributed by atoms with Crippen LogP contribution in [-0.4, -0.2) is 31.4 Å². The Bertz CT molecular complexity index is 949. The lowest BCUT2D eigenvalue weighted by atomic mass is 10.0. The Balaban J connectivity index is 0.00000196. The number of hydrogen-bond donors (Lipinski definition) is 2. The van der Waals surface area contributed by atoms with Crippen LogP contribution in [0.3, 0.4) is 0 Å². The van der Waals surface area contributed by atoms with Crippen molar-refractivity contribution in [3.8, 4) is 16.9 Å². The average Bonchev–Trinajstić information content (AvgIpc) is 2.66. The number of fused-ring (bicyclic) bond motifs is 1. The molecular weight excluding hydrogens is 354 g/mol. The molecule has 0 amide bonds. The monoisotopic (exact) mass is 373 g/mol. The Kier molecular flexibility index (Phi) is 5.61. The number of morpholine rings is 1. The molecule has 0 saturated carbocycles. The van der Waals surface area contributed by atoms with Gasteiger partial charge in [-0.1, -0.05) is 30.3 Å². The zero-order chi connectivity index (χ0) is 17.2. The highest BCUT2D eigenvalue weighted by atomic mass is 35.5. The number of nitrogens with one attached hydrogen (secondary N) is 1. The minimum absolute atomic E-state index is 0. The molecule has 0 aliphatic carbocycles. The molecule has 3 aromatic rings. The van der Waals surface area contributed by atoms with Crippen molar-refractivity contribution >= 4 is 11.0 Å². The Morgan fingerprint density at radius 3 is 2.50 bits per heavy atom. The van der Waals surface area contributed by atoms with E-state index in [4.69, 9.17) is 9.15 Å². The van der Waals surface area contributed by atoms with Gasteiger partial charge in [-0.05, 0) is 17.7 Å². The third-order valence-electron chi connectivity index (χ3n) is 4.73. The van der Waals surface area contributed by atoms with Crippen LogP contribution in [0.25, 0.3) is 22.1 Å². The molecule has 1 aliphatic heterocycles. The van der Waals surface area contributed by atoms with Crippen LogP contribution in [0, 0.1) is 0 Å². The molecule has 5 nitrogen and oxygen atoms in total. The lowest BCUT2D eigenvalue weighted by Crippen LogP contribution is -3.12. The lowest BCUT2D eigenvalue weighted by Gasteiger charge is -2.24. The Hall–Kier alpha value is -2.34. The van der Waals surface area contributed by atoms with Crippen molar-refractivity contribution in [2.75, 3.05) is 26.3 Å². The van der Waals surface area contributed by atoms with Crippen molar-refractivity contribution in [1.29, 1.82) is 0 Å². The minimum atomic E-state index is -0.0781. The molecule has 0 atom stereocenters. The number of phenolic OH excluding ortho intramolecular Hbond substituents is 1. The van der Waals surface area contributed by atoms with Gasteiger partial charge in [-0.2, -0.15) is 0 Å². The van der Waals surface area contributed by atoms with E-state index < -0.39 is 0 Å². The van der Waals surface area contributed by atoms with E-state index in [1.807, 2.05) is 30.3 Å². The molecule has 1 aromatic heterocycles. The van der Waals surface area contributed by atoms with Gasteiger partial charge in [-0.15, -0.1) is 0 Å². The van der Waals surface area contributed by atoms with Gasteiger partial charge in [-0.25, -0.2) is 0 Å². The van der Waals surface area contributed by atoms with Crippen LogP contribution in [0.5, 0.6) is 5.75 Å². The third-order valence-corrected chi connectivity index (χ3v) is 4.73. The quantitative estimate of drug-likeness (QED) is 0.592. The Morgan fingerprint density at radius 2 is 1.77 bits per heavy atom. The van der Waals surface area contributed by atoms with E-state index in [-0.39, 0.29) is 23.6 Å². The predicted molar refractivity (Wildman–Crippen MR) is 94.8 cm³/mol. The van der Waals surface area contributed by atoms with Gasteiger partial charge in [0.2, 0.25) is 5.43 Å². The first-order valence-electron chi connectivity index (χ1n) is 8.47. The standard InChI is InChI=1S/C20H19NO4.ClH/c22-18-7-6-15-19(23)17(14-4-2-1-3-5-14)13-25-20(15)16(18)12-21-8-10-24-11-9-21;/h1-7,13,22H,8-12H2;1H. The van der Waals surface area contributed by atoms with Crippen LogP contribution in [-0.2, 0) is 11.3 Å². The highest BCUT2D eigenvalue weighted by Crippen LogP contribution is 2.27. The maximum absolute atomic E-state index is 12.9. The molecule has 1 fully saturated rings. The summed E-state index contributed by atoms with van der Waals surface area (Å²) in [5.41, 5.74) is 2.44. The van der Waals surface area contributed by atoms with Crippen LogP contribution >= 0.6 is 0 Å². The van der Waals surface area contributed by atoms with Crippen molar-refractivity contribution in [3.63, 3.8) is 0 Å². The predicted octanol–water partition coefficient (Wildman–Crippen LogP) is -1.42. The summed E-state index contributed by atoms with van der Waals surface area (Å²) in [5.74, 6) is 0.169. The first kappa shape index (κ1) is 18.5. The van der Waals surface area contributed by atoms with Crippen molar-refractivity contribution in [3.05, 3.63) is 64.5 Å². The van der Waals surface area contributed by atoms with E-state index in [1.54, 1.807) is 12.1 Å². The summed E-state index contributed by atoms with van der Waals surface area (Å²) in [5, 5.41) is 10.8. The molecule has 6 heteroatoms. The van der Waals surface area contributed by atoms with Crippen molar-refractivity contribution in [2.45, 2.75) is 6.54 Å². The first-order valence-corrected chi connectivity index (χ1v) is 8.47. The zero-order valence-electron chi connectivity index (χ0n) is 14.2. The number of halogens is 1. The number of phenols is 1. The second-order valence-electron chi connectivity index (χ2n) is 6.32. The highest BCUT2D eigenvalue weighted by Gasteiger charge is 2.21. The summed E-state index contributed by atoms with van der Waals surface area (Å²) in [6, 6.07) is 12.7. The summed E-state index contributed by atoms with van der Waals surface area (Å²) in [4.78, 5) is 14.2. The molecule has 0 unspecified atom stereocenters. The Labute approximate surface area is 157 Å². The molecular formula is C20H20ClNO4. The van der Waals surface area contributed by atoms with Gasteiger partial charge in [0.25, 0.3) is 0 Å². The van der Waals surface area contributed by atoms with Gasteiger partial charge in [0.15, 0.2) is 0 Å². The summed E-state index contributed by atoms with van der Waals surface area (Å²) in [6.45, 7) is 3.79. The van der Waals surface area contributed by atoms with Crippen molar-refractivity contribution in [1.82, 2.24) is 0 Å². The fourth-order valence-electron chi connectivity index (χ4n) is 3.32. The number of quaternary nitrogens is 1. The third kappa shape index (κ3) is 3.46. The van der Waals surface area contributed by atoms with Crippen molar-refractivity contribution < 1.29 is 31.6 Å². The van der Waals surface area contributed by atoms with E-state index >= 15 is 0 Å². The maximum atomic E-state index is 12.9. The van der Waals surface area contributed by atoms with Gasteiger partial charge in [0.1, 0.15) is 37.2 Å². The maximum Gasteiger partial charge on any atom is 0.200 e. The average molecular weight is 374 g/mol. The van der Waals surface area contributed by atoms with Crippen LogP contribution in [0.1, 0.15) is 5.56 Å². The molecule has 136 valence electrons. The minimum Gasteiger partial charge on any atom is -1.00 e. The number of ether oxygens (including phenoxy) is 1. The van der Waals surface area contributed by atoms with Crippen LogP contribution in [0.15, 0.2) is 57.9 Å². The molecule has 1 aliphatic rings. The summed E-state index contributed by atoms with van der Waals surface area (Å²) >= 11 is 0. The van der Waals surface area contributed by atoms with E-state index in [9.17, 15) is 9.90 Å². The fourth-order valence-corrected chi connectivity index (χ4v) is 3.32. The molecule has 0 radical (unpaired) electrons. The van der Waals surface area contributed by atoms with E-state index in [0.717, 1.165) is 18.7 Å². The second kappa shape index (κ2) is 7.91. The Morgan fingerprint density at radius 1 is 1.04 bits per heavy atom. The van der Waals surface area contributed by atoms with Gasteiger partial charge in [0.05, 0.1) is 29.7 Å². The number of benzene rings is 2. The van der Waals surface area contributed by atoms with Gasteiger partial charge < -0.3 is 31.6 Å². The van der Waals surface area contributed by atoms with Gasteiger partial charge >= 0.3 is 0 Å². The van der Waals surface area contributed by atoms with E-state index in [0.29, 0.717) is 41.9 Å². The molecule has 0 spiro atoms.